The van der Waals surface area contributed by atoms with Crippen LogP contribution in [0.2, 0.25) is 0 Å². The smallest absolute Gasteiger partial charge is 0.358 e. The minimum absolute atomic E-state index is 0.206. The zero-order valence-electron chi connectivity index (χ0n) is 15.4. The predicted molar refractivity (Wildman–Crippen MR) is 102 cm³/mol. The van der Waals surface area contributed by atoms with Crippen LogP contribution in [0.3, 0.4) is 0 Å². The molecule has 7 heteroatoms. The summed E-state index contributed by atoms with van der Waals surface area (Å²) >= 11 is 0. The van der Waals surface area contributed by atoms with Crippen molar-refractivity contribution in [2.24, 2.45) is 0 Å². The number of carbonyl (C=O) groups excluding carboxylic acids is 1. The molecule has 0 saturated carbocycles. The van der Waals surface area contributed by atoms with Crippen LogP contribution in [0, 0.1) is 10.1 Å². The summed E-state index contributed by atoms with van der Waals surface area (Å²) < 4.78 is 1.49. The Morgan fingerprint density at radius 1 is 1.07 bits per heavy atom. The SMILES string of the molecule is CN(C)C(=O)C(C)(c1ccc(-c2ccccc2)cc1)n1cnc([N+](=O)[O-])c1. The molecule has 0 bridgehead atoms. The van der Waals surface area contributed by atoms with Crippen molar-refractivity contribution in [1.29, 1.82) is 0 Å². The van der Waals surface area contributed by atoms with Gasteiger partial charge in [0.2, 0.25) is 6.33 Å². The molecule has 1 aromatic heterocycles. The lowest BCUT2D eigenvalue weighted by atomic mass is 9.88. The standard InChI is InChI=1S/C20H20N4O3/c1-20(19(25)22(2)3,23-13-18(21-14-23)24(26)27)17-11-9-16(10-12-17)15-7-5-4-6-8-15/h4-14H,1-3H3. The molecule has 0 N–H and O–H groups in total. The van der Waals surface area contributed by atoms with Gasteiger partial charge in [0.15, 0.2) is 0 Å². The molecule has 138 valence electrons. The first-order valence-corrected chi connectivity index (χ1v) is 8.40. The Hall–Kier alpha value is -3.48. The zero-order valence-corrected chi connectivity index (χ0v) is 15.4. The molecular formula is C20H20N4O3. The number of benzene rings is 2. The molecule has 0 spiro atoms. The van der Waals surface area contributed by atoms with E-state index in [0.29, 0.717) is 5.56 Å². The summed E-state index contributed by atoms with van der Waals surface area (Å²) in [6, 6.07) is 17.5. The second-order valence-electron chi connectivity index (χ2n) is 6.61. The lowest BCUT2D eigenvalue weighted by molar-refractivity contribution is -0.389. The van der Waals surface area contributed by atoms with Gasteiger partial charge in [0, 0.05) is 14.1 Å². The lowest BCUT2D eigenvalue weighted by Crippen LogP contribution is -2.46. The molecule has 2 aromatic carbocycles. The van der Waals surface area contributed by atoms with Crippen LogP contribution < -0.4 is 0 Å². The summed E-state index contributed by atoms with van der Waals surface area (Å²) in [5, 5.41) is 11.0. The highest BCUT2D eigenvalue weighted by Crippen LogP contribution is 2.31. The van der Waals surface area contributed by atoms with Crippen molar-refractivity contribution in [2.45, 2.75) is 12.5 Å². The Morgan fingerprint density at radius 2 is 1.67 bits per heavy atom. The van der Waals surface area contributed by atoms with E-state index in [1.54, 1.807) is 21.0 Å². The molecule has 1 unspecified atom stereocenters. The Kier molecular flexibility index (Phi) is 4.77. The van der Waals surface area contributed by atoms with Crippen LogP contribution in [0.25, 0.3) is 11.1 Å². The average Bonchev–Trinajstić information content (AvgIpc) is 3.18. The average molecular weight is 364 g/mol. The lowest BCUT2D eigenvalue weighted by Gasteiger charge is -2.32. The topological polar surface area (TPSA) is 81.3 Å². The highest BCUT2D eigenvalue weighted by molar-refractivity contribution is 5.87. The van der Waals surface area contributed by atoms with Gasteiger partial charge in [0.1, 0.15) is 11.7 Å². The monoisotopic (exact) mass is 364 g/mol. The molecule has 3 rings (SSSR count). The van der Waals surface area contributed by atoms with Crippen LogP contribution in [-0.2, 0) is 10.3 Å². The molecule has 0 radical (unpaired) electrons. The van der Waals surface area contributed by atoms with Gasteiger partial charge < -0.3 is 15.0 Å². The molecule has 0 saturated heterocycles. The fourth-order valence-corrected chi connectivity index (χ4v) is 3.09. The van der Waals surface area contributed by atoms with E-state index in [0.717, 1.165) is 11.1 Å². The maximum Gasteiger partial charge on any atom is 0.381 e. The Balaban J connectivity index is 2.08. The molecule has 27 heavy (non-hydrogen) atoms. The summed E-state index contributed by atoms with van der Waals surface area (Å²) in [6.07, 6.45) is 2.61. The summed E-state index contributed by atoms with van der Waals surface area (Å²) in [4.78, 5) is 28.7. The summed E-state index contributed by atoms with van der Waals surface area (Å²) in [6.45, 7) is 1.73. The summed E-state index contributed by atoms with van der Waals surface area (Å²) in [7, 11) is 3.31. The third-order valence-corrected chi connectivity index (χ3v) is 4.65. The van der Waals surface area contributed by atoms with Crippen molar-refractivity contribution in [3.8, 4) is 11.1 Å². The maximum absolute atomic E-state index is 13.0. The third-order valence-electron chi connectivity index (χ3n) is 4.65. The number of hydrogen-bond acceptors (Lipinski definition) is 4. The van der Waals surface area contributed by atoms with Crippen LogP contribution >= 0.6 is 0 Å². The van der Waals surface area contributed by atoms with Crippen LogP contribution in [0.1, 0.15) is 12.5 Å². The number of aromatic nitrogens is 2. The number of nitrogens with zero attached hydrogens (tertiary/aromatic N) is 4. The second-order valence-corrected chi connectivity index (χ2v) is 6.61. The number of imidazole rings is 1. The van der Waals surface area contributed by atoms with E-state index in [1.807, 2.05) is 54.6 Å². The predicted octanol–water partition coefficient (Wildman–Crippen LogP) is 3.31. The van der Waals surface area contributed by atoms with Crippen molar-refractivity contribution in [3.63, 3.8) is 0 Å². The van der Waals surface area contributed by atoms with Crippen LogP contribution in [-0.4, -0.2) is 39.4 Å². The highest BCUT2D eigenvalue weighted by Gasteiger charge is 2.40. The van der Waals surface area contributed by atoms with E-state index in [1.165, 1.54) is 22.0 Å². The first kappa shape index (κ1) is 18.3. The van der Waals surface area contributed by atoms with Crippen molar-refractivity contribution >= 4 is 11.7 Å². The number of carbonyl (C=O) groups is 1. The summed E-state index contributed by atoms with van der Waals surface area (Å²) in [5.74, 6) is -0.504. The number of rotatable bonds is 5. The number of amides is 1. The van der Waals surface area contributed by atoms with E-state index >= 15 is 0 Å². The van der Waals surface area contributed by atoms with E-state index in [9.17, 15) is 14.9 Å². The van der Waals surface area contributed by atoms with Gasteiger partial charge in [0.25, 0.3) is 5.91 Å². The molecule has 3 aromatic rings. The quantitative estimate of drug-likeness (QED) is 0.514. The minimum atomic E-state index is -1.15. The van der Waals surface area contributed by atoms with Gasteiger partial charge in [-0.3, -0.25) is 9.36 Å². The van der Waals surface area contributed by atoms with Crippen molar-refractivity contribution in [1.82, 2.24) is 14.5 Å². The number of nitro groups is 1. The molecule has 0 aliphatic rings. The van der Waals surface area contributed by atoms with Gasteiger partial charge in [-0.05, 0) is 33.5 Å². The van der Waals surface area contributed by atoms with Crippen molar-refractivity contribution in [3.05, 3.63) is 82.8 Å². The van der Waals surface area contributed by atoms with Crippen LogP contribution in [0.15, 0.2) is 67.1 Å². The first-order valence-electron chi connectivity index (χ1n) is 8.40. The number of likely N-dealkylation sites (N-methyl/N-ethyl adjacent to an activating group) is 1. The molecule has 7 nitrogen and oxygen atoms in total. The van der Waals surface area contributed by atoms with Gasteiger partial charge in [-0.2, -0.15) is 0 Å². The van der Waals surface area contributed by atoms with E-state index in [4.69, 9.17) is 0 Å². The summed E-state index contributed by atoms with van der Waals surface area (Å²) in [5.41, 5.74) is 1.66. The fourth-order valence-electron chi connectivity index (χ4n) is 3.09. The molecule has 1 atom stereocenters. The van der Waals surface area contributed by atoms with E-state index in [-0.39, 0.29) is 11.7 Å². The molecular weight excluding hydrogens is 344 g/mol. The zero-order chi connectivity index (χ0) is 19.6. The molecule has 0 aliphatic heterocycles. The minimum Gasteiger partial charge on any atom is -0.358 e. The largest absolute Gasteiger partial charge is 0.381 e. The second kappa shape index (κ2) is 7.03. The molecule has 1 amide bonds. The number of hydrogen-bond donors (Lipinski definition) is 0. The normalized spacial score (nSPS) is 13.0. The maximum atomic E-state index is 13.0. The van der Waals surface area contributed by atoms with Gasteiger partial charge in [-0.1, -0.05) is 54.6 Å². The van der Waals surface area contributed by atoms with Crippen LogP contribution in [0.5, 0.6) is 0 Å². The van der Waals surface area contributed by atoms with E-state index in [2.05, 4.69) is 4.98 Å². The van der Waals surface area contributed by atoms with Crippen molar-refractivity contribution < 1.29 is 9.72 Å². The van der Waals surface area contributed by atoms with Gasteiger partial charge >= 0.3 is 5.82 Å². The fraction of sp³-hybridized carbons (Fsp3) is 0.200. The Morgan fingerprint density at radius 3 is 2.19 bits per heavy atom. The molecule has 0 aliphatic carbocycles. The third kappa shape index (κ3) is 3.31. The Labute approximate surface area is 157 Å². The Bertz CT molecular complexity index is 964. The van der Waals surface area contributed by atoms with Gasteiger partial charge in [-0.25, -0.2) is 0 Å². The van der Waals surface area contributed by atoms with Crippen LogP contribution in [0.4, 0.5) is 5.82 Å². The molecule has 1 heterocycles. The molecule has 0 fully saturated rings. The van der Waals surface area contributed by atoms with Gasteiger partial charge in [-0.15, -0.1) is 0 Å². The van der Waals surface area contributed by atoms with Gasteiger partial charge in [0.05, 0.1) is 0 Å². The highest BCUT2D eigenvalue weighted by atomic mass is 16.6. The first-order chi connectivity index (χ1) is 12.8. The van der Waals surface area contributed by atoms with Crippen molar-refractivity contribution in [2.75, 3.05) is 14.1 Å². The van der Waals surface area contributed by atoms with E-state index < -0.39 is 10.5 Å².